The molecule has 0 saturated heterocycles. The van der Waals surface area contributed by atoms with E-state index in [9.17, 15) is 0 Å². The van der Waals surface area contributed by atoms with Gasteiger partial charge in [-0.1, -0.05) is 38.2 Å². The molecule has 0 spiro atoms. The van der Waals surface area contributed by atoms with Crippen molar-refractivity contribution in [1.29, 1.82) is 0 Å². The van der Waals surface area contributed by atoms with Crippen LogP contribution in [0.15, 0.2) is 24.8 Å². The average Bonchev–Trinajstić information content (AvgIpc) is 1.89. The van der Waals surface area contributed by atoms with Gasteiger partial charge in [0, 0.05) is 6.04 Å². The predicted octanol–water partition coefficient (Wildman–Crippen LogP) is 2.25. The van der Waals surface area contributed by atoms with E-state index in [2.05, 4.69) is 19.6 Å². The Morgan fingerprint density at radius 1 is 1.60 bits per heavy atom. The van der Waals surface area contributed by atoms with Gasteiger partial charge in [0.2, 0.25) is 0 Å². The van der Waals surface area contributed by atoms with Gasteiger partial charge < -0.3 is 5.73 Å². The summed E-state index contributed by atoms with van der Waals surface area (Å²) in [6, 6.07) is 0.334. The van der Waals surface area contributed by atoms with E-state index in [0.29, 0.717) is 6.04 Å². The van der Waals surface area contributed by atoms with Crippen LogP contribution in [0.25, 0.3) is 0 Å². The summed E-state index contributed by atoms with van der Waals surface area (Å²) in [5.41, 5.74) is 5.74. The topological polar surface area (TPSA) is 26.0 Å². The summed E-state index contributed by atoms with van der Waals surface area (Å²) < 4.78 is 0. The second-order valence-electron chi connectivity index (χ2n) is 2.45. The number of allylic oxidation sites excluding steroid dienone is 2. The Balaban J connectivity index is 3.28. The molecule has 0 bridgehead atoms. The van der Waals surface area contributed by atoms with E-state index in [4.69, 9.17) is 5.73 Å². The van der Waals surface area contributed by atoms with E-state index >= 15 is 0 Å². The fourth-order valence-electron chi connectivity index (χ4n) is 0.838. The molecule has 0 heterocycles. The first kappa shape index (κ1) is 9.44. The standard InChI is InChI=1S/C9H17N/c1-3-5-6-8-9(10)7-4-2/h3,5-6,9H,1,4,7-8,10H2,2H3. The summed E-state index contributed by atoms with van der Waals surface area (Å²) in [6.45, 7) is 5.73. The highest BCUT2D eigenvalue weighted by atomic mass is 14.6. The Morgan fingerprint density at radius 2 is 2.30 bits per heavy atom. The molecule has 0 aliphatic heterocycles. The molecule has 0 rings (SSSR count). The first-order valence-corrected chi connectivity index (χ1v) is 3.84. The molecule has 0 aliphatic rings. The van der Waals surface area contributed by atoms with Crippen LogP contribution in [-0.4, -0.2) is 6.04 Å². The van der Waals surface area contributed by atoms with Crippen molar-refractivity contribution in [3.8, 4) is 0 Å². The van der Waals surface area contributed by atoms with Crippen LogP contribution >= 0.6 is 0 Å². The maximum atomic E-state index is 5.74. The van der Waals surface area contributed by atoms with E-state index in [0.717, 1.165) is 12.8 Å². The van der Waals surface area contributed by atoms with E-state index in [1.807, 2.05) is 6.08 Å². The Kier molecular flexibility index (Phi) is 6.19. The summed E-state index contributed by atoms with van der Waals surface area (Å²) in [5, 5.41) is 0. The molecule has 10 heavy (non-hydrogen) atoms. The van der Waals surface area contributed by atoms with Gasteiger partial charge >= 0.3 is 0 Å². The van der Waals surface area contributed by atoms with Crippen molar-refractivity contribution >= 4 is 0 Å². The lowest BCUT2D eigenvalue weighted by Gasteiger charge is -2.04. The highest BCUT2D eigenvalue weighted by molar-refractivity contribution is 4.98. The van der Waals surface area contributed by atoms with Crippen molar-refractivity contribution in [3.05, 3.63) is 24.8 Å². The van der Waals surface area contributed by atoms with Crippen molar-refractivity contribution < 1.29 is 0 Å². The minimum atomic E-state index is 0.334. The van der Waals surface area contributed by atoms with Crippen LogP contribution in [0.5, 0.6) is 0 Å². The zero-order valence-electron chi connectivity index (χ0n) is 6.72. The quantitative estimate of drug-likeness (QED) is 0.581. The van der Waals surface area contributed by atoms with Crippen LogP contribution in [0.4, 0.5) is 0 Å². The third kappa shape index (κ3) is 5.57. The SMILES string of the molecule is C=CC=CCC(N)CCC. The molecule has 0 amide bonds. The Labute approximate surface area is 63.6 Å². The summed E-state index contributed by atoms with van der Waals surface area (Å²) >= 11 is 0. The van der Waals surface area contributed by atoms with E-state index in [-0.39, 0.29) is 0 Å². The molecule has 0 saturated carbocycles. The highest BCUT2D eigenvalue weighted by Gasteiger charge is 1.95. The fourth-order valence-corrected chi connectivity index (χ4v) is 0.838. The van der Waals surface area contributed by atoms with Crippen LogP contribution in [0.2, 0.25) is 0 Å². The van der Waals surface area contributed by atoms with E-state index in [1.54, 1.807) is 6.08 Å². The Hall–Kier alpha value is -0.560. The van der Waals surface area contributed by atoms with Gasteiger partial charge in [-0.25, -0.2) is 0 Å². The zero-order chi connectivity index (χ0) is 7.82. The zero-order valence-corrected chi connectivity index (χ0v) is 6.72. The van der Waals surface area contributed by atoms with Crippen LogP contribution in [0.1, 0.15) is 26.2 Å². The first-order chi connectivity index (χ1) is 4.81. The van der Waals surface area contributed by atoms with Crippen LogP contribution in [0.3, 0.4) is 0 Å². The van der Waals surface area contributed by atoms with Crippen LogP contribution in [0, 0.1) is 0 Å². The number of hydrogen-bond acceptors (Lipinski definition) is 1. The van der Waals surface area contributed by atoms with Gasteiger partial charge in [0.05, 0.1) is 0 Å². The Morgan fingerprint density at radius 3 is 2.80 bits per heavy atom. The Bertz CT molecular complexity index is 105. The van der Waals surface area contributed by atoms with E-state index < -0.39 is 0 Å². The van der Waals surface area contributed by atoms with E-state index in [1.165, 1.54) is 6.42 Å². The van der Waals surface area contributed by atoms with Gasteiger partial charge in [0.1, 0.15) is 0 Å². The van der Waals surface area contributed by atoms with Gasteiger partial charge in [-0.3, -0.25) is 0 Å². The third-order valence-electron chi connectivity index (χ3n) is 1.37. The third-order valence-corrected chi connectivity index (χ3v) is 1.37. The minimum absolute atomic E-state index is 0.334. The van der Waals surface area contributed by atoms with Crippen molar-refractivity contribution in [1.82, 2.24) is 0 Å². The first-order valence-electron chi connectivity index (χ1n) is 3.84. The minimum Gasteiger partial charge on any atom is -0.327 e. The molecule has 0 radical (unpaired) electrons. The molecule has 0 aromatic heterocycles. The van der Waals surface area contributed by atoms with Crippen molar-refractivity contribution in [2.24, 2.45) is 5.73 Å². The van der Waals surface area contributed by atoms with Crippen molar-refractivity contribution in [3.63, 3.8) is 0 Å². The van der Waals surface area contributed by atoms with Gasteiger partial charge in [-0.05, 0) is 12.8 Å². The molecular weight excluding hydrogens is 122 g/mol. The largest absolute Gasteiger partial charge is 0.327 e. The monoisotopic (exact) mass is 139 g/mol. The molecule has 58 valence electrons. The van der Waals surface area contributed by atoms with Crippen LogP contribution < -0.4 is 5.73 Å². The average molecular weight is 139 g/mol. The second kappa shape index (κ2) is 6.56. The molecule has 1 unspecified atom stereocenters. The molecule has 0 aromatic carbocycles. The number of rotatable bonds is 5. The van der Waals surface area contributed by atoms with Gasteiger partial charge in [-0.15, -0.1) is 0 Å². The van der Waals surface area contributed by atoms with Gasteiger partial charge in [0.25, 0.3) is 0 Å². The lowest BCUT2D eigenvalue weighted by Crippen LogP contribution is -2.17. The molecular formula is C9H17N. The summed E-state index contributed by atoms with van der Waals surface area (Å²) in [4.78, 5) is 0. The molecule has 0 aromatic rings. The molecule has 1 nitrogen and oxygen atoms in total. The number of hydrogen-bond donors (Lipinski definition) is 1. The summed E-state index contributed by atoms with van der Waals surface area (Å²) in [6.07, 6.45) is 9.03. The van der Waals surface area contributed by atoms with Crippen LogP contribution in [-0.2, 0) is 0 Å². The van der Waals surface area contributed by atoms with Gasteiger partial charge in [0.15, 0.2) is 0 Å². The maximum absolute atomic E-state index is 5.74. The normalized spacial score (nSPS) is 13.8. The summed E-state index contributed by atoms with van der Waals surface area (Å²) in [7, 11) is 0. The fraction of sp³-hybridized carbons (Fsp3) is 0.556. The smallest absolute Gasteiger partial charge is 0.00734 e. The lowest BCUT2D eigenvalue weighted by atomic mass is 10.1. The lowest BCUT2D eigenvalue weighted by molar-refractivity contribution is 0.610. The molecule has 1 heteroatoms. The van der Waals surface area contributed by atoms with Crippen molar-refractivity contribution in [2.45, 2.75) is 32.2 Å². The molecule has 1 atom stereocenters. The maximum Gasteiger partial charge on any atom is 0.00734 e. The number of nitrogens with two attached hydrogens (primary N) is 1. The molecule has 0 fully saturated rings. The second-order valence-corrected chi connectivity index (χ2v) is 2.45. The molecule has 0 aliphatic carbocycles. The van der Waals surface area contributed by atoms with Crippen molar-refractivity contribution in [2.75, 3.05) is 0 Å². The molecule has 2 N–H and O–H groups in total. The predicted molar refractivity (Wildman–Crippen MR) is 46.8 cm³/mol. The van der Waals surface area contributed by atoms with Gasteiger partial charge in [-0.2, -0.15) is 0 Å². The highest BCUT2D eigenvalue weighted by Crippen LogP contribution is 1.98. The summed E-state index contributed by atoms with van der Waals surface area (Å²) in [5.74, 6) is 0.